The highest BCUT2D eigenvalue weighted by Crippen LogP contribution is 2.32. The molecule has 7 nitrogen and oxygen atoms in total. The Kier molecular flexibility index (Phi) is 3.63. The maximum atomic E-state index is 13.5. The highest BCUT2D eigenvalue weighted by Gasteiger charge is 2.31. The molecule has 0 unspecified atom stereocenters. The van der Waals surface area contributed by atoms with Crippen LogP contribution in [0.4, 0.5) is 4.39 Å². The number of hydrogen-bond acceptors (Lipinski definition) is 4. The number of nitrogens with zero attached hydrogens (tertiary/aromatic N) is 4. The third-order valence-electron chi connectivity index (χ3n) is 5.10. The number of amides is 1. The summed E-state index contributed by atoms with van der Waals surface area (Å²) in [5.41, 5.74) is 3.31. The van der Waals surface area contributed by atoms with Crippen LogP contribution in [0.15, 0.2) is 36.4 Å². The van der Waals surface area contributed by atoms with Crippen molar-refractivity contribution in [3.63, 3.8) is 0 Å². The molecule has 3 heterocycles. The summed E-state index contributed by atoms with van der Waals surface area (Å²) in [5.74, 6) is 0.331. The minimum atomic E-state index is -0.310. The SMILES string of the molecule is O=C(c1ccc2n[nH]nc2c1)N1CCCC[C@@H]1c1nc2ccc(F)cc2[nH]1. The molecule has 0 aliphatic carbocycles. The Morgan fingerprint density at radius 2 is 1.93 bits per heavy atom. The number of hydrogen-bond donors (Lipinski definition) is 2. The van der Waals surface area contributed by atoms with Gasteiger partial charge in [0.1, 0.15) is 22.7 Å². The van der Waals surface area contributed by atoms with Crippen molar-refractivity contribution in [1.82, 2.24) is 30.3 Å². The number of aromatic nitrogens is 5. The molecule has 1 amide bonds. The zero-order valence-electron chi connectivity index (χ0n) is 14.4. The largest absolute Gasteiger partial charge is 0.340 e. The first-order valence-electron chi connectivity index (χ1n) is 8.96. The first kappa shape index (κ1) is 15.9. The number of piperidine rings is 1. The van der Waals surface area contributed by atoms with Gasteiger partial charge in [-0.05, 0) is 55.7 Å². The lowest BCUT2D eigenvalue weighted by molar-refractivity contribution is 0.0601. The van der Waals surface area contributed by atoms with Gasteiger partial charge in [-0.25, -0.2) is 9.37 Å². The molecule has 8 heteroatoms. The molecule has 5 rings (SSSR count). The second-order valence-corrected chi connectivity index (χ2v) is 6.82. The predicted octanol–water partition coefficient (Wildman–Crippen LogP) is 3.34. The number of aromatic amines is 2. The molecule has 1 fully saturated rings. The maximum absolute atomic E-state index is 13.5. The fourth-order valence-electron chi connectivity index (χ4n) is 3.76. The summed E-state index contributed by atoms with van der Waals surface area (Å²) in [6, 6.07) is 9.62. The van der Waals surface area contributed by atoms with Gasteiger partial charge < -0.3 is 9.88 Å². The van der Waals surface area contributed by atoms with Gasteiger partial charge in [0.05, 0.1) is 17.1 Å². The molecule has 27 heavy (non-hydrogen) atoms. The summed E-state index contributed by atoms with van der Waals surface area (Å²) in [6.07, 6.45) is 2.78. The van der Waals surface area contributed by atoms with E-state index in [2.05, 4.69) is 25.4 Å². The van der Waals surface area contributed by atoms with Crippen molar-refractivity contribution in [3.8, 4) is 0 Å². The van der Waals surface area contributed by atoms with Crippen molar-refractivity contribution in [3.05, 3.63) is 53.6 Å². The number of benzene rings is 2. The van der Waals surface area contributed by atoms with E-state index in [9.17, 15) is 9.18 Å². The Bertz CT molecular complexity index is 1150. The normalized spacial score (nSPS) is 17.7. The molecule has 0 radical (unpaired) electrons. The molecule has 0 spiro atoms. The number of nitrogens with one attached hydrogen (secondary N) is 2. The summed E-state index contributed by atoms with van der Waals surface area (Å²) in [4.78, 5) is 22.8. The number of rotatable bonds is 2. The van der Waals surface area contributed by atoms with Crippen LogP contribution in [0.3, 0.4) is 0 Å². The van der Waals surface area contributed by atoms with Crippen LogP contribution in [-0.2, 0) is 0 Å². The summed E-state index contributed by atoms with van der Waals surface area (Å²) in [5, 5.41) is 10.6. The van der Waals surface area contributed by atoms with Crippen molar-refractivity contribution >= 4 is 28.0 Å². The molecule has 0 bridgehead atoms. The molecule has 2 aromatic carbocycles. The van der Waals surface area contributed by atoms with E-state index in [1.54, 1.807) is 24.3 Å². The Labute approximate surface area is 153 Å². The average molecular weight is 364 g/mol. The van der Waals surface area contributed by atoms with E-state index in [4.69, 9.17) is 0 Å². The lowest BCUT2D eigenvalue weighted by Gasteiger charge is -2.34. The van der Waals surface area contributed by atoms with Crippen LogP contribution in [0.25, 0.3) is 22.1 Å². The zero-order valence-corrected chi connectivity index (χ0v) is 14.4. The molecule has 1 aliphatic heterocycles. The van der Waals surface area contributed by atoms with E-state index in [0.29, 0.717) is 34.5 Å². The molecule has 1 saturated heterocycles. The van der Waals surface area contributed by atoms with Gasteiger partial charge in [0.15, 0.2) is 0 Å². The van der Waals surface area contributed by atoms with Crippen LogP contribution < -0.4 is 0 Å². The fraction of sp³-hybridized carbons (Fsp3) is 0.263. The van der Waals surface area contributed by atoms with E-state index < -0.39 is 0 Å². The first-order valence-corrected chi connectivity index (χ1v) is 8.96. The monoisotopic (exact) mass is 364 g/mol. The van der Waals surface area contributed by atoms with Crippen molar-refractivity contribution in [1.29, 1.82) is 0 Å². The summed E-state index contributed by atoms with van der Waals surface area (Å²) < 4.78 is 13.5. The Morgan fingerprint density at radius 3 is 2.85 bits per heavy atom. The molecule has 4 aromatic rings. The first-order chi connectivity index (χ1) is 13.2. The zero-order chi connectivity index (χ0) is 18.4. The smallest absolute Gasteiger partial charge is 0.254 e. The summed E-state index contributed by atoms with van der Waals surface area (Å²) in [6.45, 7) is 0.658. The number of H-pyrrole nitrogens is 2. The van der Waals surface area contributed by atoms with Crippen molar-refractivity contribution in [2.45, 2.75) is 25.3 Å². The highest BCUT2D eigenvalue weighted by atomic mass is 19.1. The topological polar surface area (TPSA) is 90.6 Å². The van der Waals surface area contributed by atoms with Gasteiger partial charge in [0.25, 0.3) is 5.91 Å². The lowest BCUT2D eigenvalue weighted by atomic mass is 10.00. The molecule has 0 saturated carbocycles. The van der Waals surface area contributed by atoms with Gasteiger partial charge in [-0.1, -0.05) is 0 Å². The number of carbonyl (C=O) groups excluding carboxylic acids is 1. The van der Waals surface area contributed by atoms with E-state index in [1.807, 2.05) is 4.90 Å². The van der Waals surface area contributed by atoms with E-state index in [-0.39, 0.29) is 17.8 Å². The van der Waals surface area contributed by atoms with Crippen LogP contribution in [-0.4, -0.2) is 42.7 Å². The second-order valence-electron chi connectivity index (χ2n) is 6.82. The quantitative estimate of drug-likeness (QED) is 0.571. The highest BCUT2D eigenvalue weighted by molar-refractivity contribution is 5.97. The van der Waals surface area contributed by atoms with Gasteiger partial charge in [0, 0.05) is 12.1 Å². The number of halogens is 1. The lowest BCUT2D eigenvalue weighted by Crippen LogP contribution is -2.39. The minimum Gasteiger partial charge on any atom is -0.340 e. The fourth-order valence-corrected chi connectivity index (χ4v) is 3.76. The molecular weight excluding hydrogens is 347 g/mol. The van der Waals surface area contributed by atoms with Gasteiger partial charge in [-0.3, -0.25) is 4.79 Å². The third kappa shape index (κ3) is 2.73. The summed E-state index contributed by atoms with van der Waals surface area (Å²) >= 11 is 0. The predicted molar refractivity (Wildman–Crippen MR) is 97.6 cm³/mol. The molecule has 2 aromatic heterocycles. The number of likely N-dealkylation sites (tertiary alicyclic amines) is 1. The number of imidazole rings is 1. The minimum absolute atomic E-state index is 0.0590. The molecular formula is C19H17FN6O. The number of carbonyl (C=O) groups is 1. The van der Waals surface area contributed by atoms with Crippen LogP contribution in [0, 0.1) is 5.82 Å². The molecule has 1 atom stereocenters. The molecule has 136 valence electrons. The summed E-state index contributed by atoms with van der Waals surface area (Å²) in [7, 11) is 0. The average Bonchev–Trinajstić information content (AvgIpc) is 3.33. The van der Waals surface area contributed by atoms with E-state index in [1.165, 1.54) is 12.1 Å². The Hall–Kier alpha value is -3.29. The van der Waals surface area contributed by atoms with Crippen molar-refractivity contribution in [2.75, 3.05) is 6.54 Å². The van der Waals surface area contributed by atoms with Crippen LogP contribution in [0.2, 0.25) is 0 Å². The standard InChI is InChI=1S/C19H17FN6O/c20-12-5-7-13-15(10-12)22-18(21-13)17-3-1-2-8-26(17)19(27)11-4-6-14-16(9-11)24-25-23-14/h4-7,9-10,17H,1-3,8H2,(H,21,22)(H,23,24,25)/t17-/m1/s1. The van der Waals surface area contributed by atoms with E-state index >= 15 is 0 Å². The molecule has 1 aliphatic rings. The van der Waals surface area contributed by atoms with Crippen LogP contribution in [0.1, 0.15) is 41.5 Å². The van der Waals surface area contributed by atoms with Gasteiger partial charge in [-0.2, -0.15) is 15.4 Å². The maximum Gasteiger partial charge on any atom is 0.254 e. The van der Waals surface area contributed by atoms with Gasteiger partial charge in [-0.15, -0.1) is 0 Å². The van der Waals surface area contributed by atoms with Gasteiger partial charge >= 0.3 is 0 Å². The van der Waals surface area contributed by atoms with Crippen LogP contribution >= 0.6 is 0 Å². The third-order valence-corrected chi connectivity index (χ3v) is 5.10. The number of fused-ring (bicyclic) bond motifs is 2. The van der Waals surface area contributed by atoms with Crippen molar-refractivity contribution < 1.29 is 9.18 Å². The van der Waals surface area contributed by atoms with Crippen LogP contribution in [0.5, 0.6) is 0 Å². The van der Waals surface area contributed by atoms with E-state index in [0.717, 1.165) is 24.8 Å². The Balaban J connectivity index is 1.51. The van der Waals surface area contributed by atoms with Crippen molar-refractivity contribution in [2.24, 2.45) is 0 Å². The second kappa shape index (κ2) is 6.15. The molecule has 2 N–H and O–H groups in total. The Morgan fingerprint density at radius 1 is 1.07 bits per heavy atom. The van der Waals surface area contributed by atoms with Gasteiger partial charge in [0.2, 0.25) is 0 Å².